The van der Waals surface area contributed by atoms with Gasteiger partial charge in [0.25, 0.3) is 0 Å². The number of methoxy groups -OCH3 is 2. The minimum absolute atomic E-state index is 0.451. The third kappa shape index (κ3) is 3.53. The van der Waals surface area contributed by atoms with Crippen molar-refractivity contribution in [3.05, 3.63) is 0 Å². The van der Waals surface area contributed by atoms with Crippen LogP contribution in [0, 0.1) is 5.92 Å². The van der Waals surface area contributed by atoms with Crippen molar-refractivity contribution in [2.24, 2.45) is 5.92 Å². The zero-order chi connectivity index (χ0) is 13.9. The molecule has 0 bridgehead atoms. The van der Waals surface area contributed by atoms with Gasteiger partial charge in [-0.1, -0.05) is 0 Å². The van der Waals surface area contributed by atoms with E-state index in [1.165, 1.54) is 45.3 Å². The van der Waals surface area contributed by atoms with E-state index in [0.29, 0.717) is 24.4 Å². The zero-order valence-corrected chi connectivity index (χ0v) is 12.9. The van der Waals surface area contributed by atoms with Gasteiger partial charge in [0.15, 0.2) is 0 Å². The number of ether oxygens (including phenoxy) is 3. The highest BCUT2D eigenvalue weighted by Gasteiger charge is 2.34. The van der Waals surface area contributed by atoms with Crippen molar-refractivity contribution in [3.63, 3.8) is 0 Å². The van der Waals surface area contributed by atoms with Crippen LogP contribution in [-0.2, 0) is 14.2 Å². The molecule has 0 N–H and O–H groups in total. The van der Waals surface area contributed by atoms with E-state index in [9.17, 15) is 0 Å². The lowest BCUT2D eigenvalue weighted by atomic mass is 9.81. The van der Waals surface area contributed by atoms with Gasteiger partial charge in [-0.3, -0.25) is 0 Å². The van der Waals surface area contributed by atoms with Crippen molar-refractivity contribution in [2.45, 2.75) is 62.9 Å². The van der Waals surface area contributed by atoms with Crippen molar-refractivity contribution in [2.75, 3.05) is 33.9 Å². The fourth-order valence-electron chi connectivity index (χ4n) is 3.70. The summed E-state index contributed by atoms with van der Waals surface area (Å²) in [6.45, 7) is 3.68. The van der Waals surface area contributed by atoms with Crippen LogP contribution < -0.4 is 0 Å². The molecule has 0 spiro atoms. The van der Waals surface area contributed by atoms with Crippen molar-refractivity contribution >= 4 is 0 Å². The van der Waals surface area contributed by atoms with E-state index < -0.39 is 0 Å². The van der Waals surface area contributed by atoms with Crippen LogP contribution in [0.3, 0.4) is 0 Å². The summed E-state index contributed by atoms with van der Waals surface area (Å²) in [7, 11) is 3.63. The molecule has 3 fully saturated rings. The first kappa shape index (κ1) is 14.8. The average molecular weight is 283 g/mol. The Kier molecular flexibility index (Phi) is 4.97. The molecule has 4 heteroatoms. The van der Waals surface area contributed by atoms with E-state index in [1.54, 1.807) is 7.11 Å². The Labute approximate surface area is 122 Å². The molecular weight excluding hydrogens is 254 g/mol. The zero-order valence-electron chi connectivity index (χ0n) is 12.9. The third-order valence-electron chi connectivity index (χ3n) is 5.35. The quantitative estimate of drug-likeness (QED) is 0.747. The summed E-state index contributed by atoms with van der Waals surface area (Å²) < 4.78 is 16.8. The number of nitrogens with zero attached hydrogens (tertiary/aromatic N) is 1. The van der Waals surface area contributed by atoms with Crippen molar-refractivity contribution in [1.82, 2.24) is 4.90 Å². The second kappa shape index (κ2) is 6.73. The number of piperidine rings is 1. The molecule has 0 atom stereocenters. The summed E-state index contributed by atoms with van der Waals surface area (Å²) in [5, 5.41) is 0. The lowest BCUT2D eigenvalue weighted by Crippen LogP contribution is -2.46. The molecule has 1 aliphatic heterocycles. The van der Waals surface area contributed by atoms with Gasteiger partial charge in [0.2, 0.25) is 0 Å². The van der Waals surface area contributed by atoms with E-state index in [-0.39, 0.29) is 0 Å². The van der Waals surface area contributed by atoms with Crippen LogP contribution in [0.25, 0.3) is 0 Å². The molecule has 4 nitrogen and oxygen atoms in total. The number of hydrogen-bond acceptors (Lipinski definition) is 4. The summed E-state index contributed by atoms with van der Waals surface area (Å²) in [6.07, 6.45) is 9.05. The van der Waals surface area contributed by atoms with Gasteiger partial charge in [-0.25, -0.2) is 0 Å². The minimum atomic E-state index is 0.451. The summed E-state index contributed by atoms with van der Waals surface area (Å²) >= 11 is 0. The van der Waals surface area contributed by atoms with Crippen LogP contribution in [0.2, 0.25) is 0 Å². The fourth-order valence-corrected chi connectivity index (χ4v) is 3.70. The predicted molar refractivity (Wildman–Crippen MR) is 77.9 cm³/mol. The van der Waals surface area contributed by atoms with Crippen LogP contribution in [0.1, 0.15) is 38.5 Å². The Morgan fingerprint density at radius 2 is 1.40 bits per heavy atom. The first-order valence-electron chi connectivity index (χ1n) is 8.20. The van der Waals surface area contributed by atoms with Crippen molar-refractivity contribution in [3.8, 4) is 0 Å². The van der Waals surface area contributed by atoms with E-state index >= 15 is 0 Å². The Morgan fingerprint density at radius 1 is 0.800 bits per heavy atom. The highest BCUT2D eigenvalue weighted by atomic mass is 16.5. The maximum Gasteiger partial charge on any atom is 0.0628 e. The average Bonchev–Trinajstić information content (AvgIpc) is 2.38. The SMILES string of the molecule is COC1CC(CN2CCC(OC3CC(OC)C3)CC2)C1. The van der Waals surface area contributed by atoms with Gasteiger partial charge >= 0.3 is 0 Å². The topological polar surface area (TPSA) is 30.9 Å². The molecule has 20 heavy (non-hydrogen) atoms. The lowest BCUT2D eigenvalue weighted by molar-refractivity contribution is -0.127. The second-order valence-electron chi connectivity index (χ2n) is 6.78. The standard InChI is InChI=1S/C16H29NO3/c1-18-14-7-12(8-14)11-17-5-3-13(4-6-17)20-16-9-15(10-16)19-2/h12-16H,3-11H2,1-2H3. The van der Waals surface area contributed by atoms with E-state index in [1.807, 2.05) is 7.11 Å². The first-order chi connectivity index (χ1) is 9.76. The summed E-state index contributed by atoms with van der Waals surface area (Å²) in [5.41, 5.74) is 0. The van der Waals surface area contributed by atoms with Gasteiger partial charge < -0.3 is 19.1 Å². The molecule has 2 saturated carbocycles. The van der Waals surface area contributed by atoms with Crippen LogP contribution >= 0.6 is 0 Å². The number of rotatable bonds is 6. The van der Waals surface area contributed by atoms with Crippen LogP contribution in [0.4, 0.5) is 0 Å². The van der Waals surface area contributed by atoms with Gasteiger partial charge in [-0.05, 0) is 44.4 Å². The Hall–Kier alpha value is -0.160. The molecular formula is C16H29NO3. The molecule has 116 valence electrons. The molecule has 2 aliphatic carbocycles. The lowest BCUT2D eigenvalue weighted by Gasteiger charge is -2.42. The summed E-state index contributed by atoms with van der Waals surface area (Å²) in [6, 6.07) is 0. The molecule has 1 heterocycles. The van der Waals surface area contributed by atoms with Crippen LogP contribution in [0.15, 0.2) is 0 Å². The van der Waals surface area contributed by atoms with Gasteiger partial charge in [-0.2, -0.15) is 0 Å². The minimum Gasteiger partial charge on any atom is -0.381 e. The summed E-state index contributed by atoms with van der Waals surface area (Å²) in [4.78, 5) is 2.62. The molecule has 0 radical (unpaired) electrons. The number of likely N-dealkylation sites (tertiary alicyclic amines) is 1. The molecule has 1 saturated heterocycles. The Bertz CT molecular complexity index is 262. The van der Waals surface area contributed by atoms with E-state index in [0.717, 1.165) is 18.8 Å². The van der Waals surface area contributed by atoms with Gasteiger partial charge in [0, 0.05) is 33.9 Å². The highest BCUT2D eigenvalue weighted by molar-refractivity contribution is 4.86. The van der Waals surface area contributed by atoms with Crippen LogP contribution in [0.5, 0.6) is 0 Å². The van der Waals surface area contributed by atoms with E-state index in [2.05, 4.69) is 4.90 Å². The number of hydrogen-bond donors (Lipinski definition) is 0. The smallest absolute Gasteiger partial charge is 0.0628 e. The molecule has 0 amide bonds. The van der Waals surface area contributed by atoms with Crippen LogP contribution in [-0.4, -0.2) is 63.2 Å². The molecule has 0 unspecified atom stereocenters. The van der Waals surface area contributed by atoms with E-state index in [4.69, 9.17) is 14.2 Å². The van der Waals surface area contributed by atoms with Gasteiger partial charge in [0.1, 0.15) is 0 Å². The predicted octanol–water partition coefficient (Wildman–Crippen LogP) is 2.07. The second-order valence-corrected chi connectivity index (χ2v) is 6.78. The fraction of sp³-hybridized carbons (Fsp3) is 1.00. The van der Waals surface area contributed by atoms with Gasteiger partial charge in [0.05, 0.1) is 24.4 Å². The summed E-state index contributed by atoms with van der Waals surface area (Å²) in [5.74, 6) is 0.867. The maximum atomic E-state index is 6.16. The van der Waals surface area contributed by atoms with Gasteiger partial charge in [-0.15, -0.1) is 0 Å². The largest absolute Gasteiger partial charge is 0.381 e. The molecule has 0 aromatic rings. The normalized spacial score (nSPS) is 39.3. The monoisotopic (exact) mass is 283 g/mol. The maximum absolute atomic E-state index is 6.16. The molecule has 0 aromatic heterocycles. The molecule has 0 aromatic carbocycles. The Balaban J connectivity index is 1.28. The third-order valence-corrected chi connectivity index (χ3v) is 5.35. The molecule has 3 aliphatic rings. The van der Waals surface area contributed by atoms with Crippen molar-refractivity contribution in [1.29, 1.82) is 0 Å². The first-order valence-corrected chi connectivity index (χ1v) is 8.20. The van der Waals surface area contributed by atoms with Crippen molar-refractivity contribution < 1.29 is 14.2 Å². The molecule has 3 rings (SSSR count). The highest BCUT2D eigenvalue weighted by Crippen LogP contribution is 2.32. The Morgan fingerprint density at radius 3 is 2.00 bits per heavy atom.